The topological polar surface area (TPSA) is 43.4 Å². The highest BCUT2D eigenvalue weighted by Gasteiger charge is 2.18. The minimum absolute atomic E-state index is 0.105. The molecule has 128 valence electrons. The van der Waals surface area contributed by atoms with Crippen molar-refractivity contribution in [2.75, 3.05) is 5.75 Å². The lowest BCUT2D eigenvalue weighted by Crippen LogP contribution is -2.20. The van der Waals surface area contributed by atoms with E-state index >= 15 is 0 Å². The third-order valence-corrected chi connectivity index (χ3v) is 5.12. The first-order chi connectivity index (χ1) is 10.1. The first-order valence-corrected chi connectivity index (χ1v) is 10.5. The SMILES string of the molecule is CCCCCCCCS(=O)(=O)OC(CCC)CCCCC. The molecule has 0 amide bonds. The van der Waals surface area contributed by atoms with Gasteiger partial charge in [0.1, 0.15) is 0 Å². The summed E-state index contributed by atoms with van der Waals surface area (Å²) in [5.41, 5.74) is 0. The Labute approximate surface area is 133 Å². The molecule has 0 fully saturated rings. The molecular formula is C17H36O3S. The fraction of sp³-hybridized carbons (Fsp3) is 1.00. The number of unbranched alkanes of at least 4 members (excludes halogenated alkanes) is 7. The molecule has 0 radical (unpaired) electrons. The van der Waals surface area contributed by atoms with E-state index in [1.54, 1.807) is 0 Å². The second-order valence-corrected chi connectivity index (χ2v) is 7.75. The van der Waals surface area contributed by atoms with E-state index in [4.69, 9.17) is 4.18 Å². The summed E-state index contributed by atoms with van der Waals surface area (Å²) in [7, 11) is -3.33. The Balaban J connectivity index is 3.97. The summed E-state index contributed by atoms with van der Waals surface area (Å²) < 4.78 is 29.5. The lowest BCUT2D eigenvalue weighted by Gasteiger charge is -2.16. The molecule has 0 heterocycles. The largest absolute Gasteiger partial charge is 0.267 e. The van der Waals surface area contributed by atoms with Gasteiger partial charge in [0, 0.05) is 0 Å². The lowest BCUT2D eigenvalue weighted by atomic mass is 10.1. The van der Waals surface area contributed by atoms with Crippen molar-refractivity contribution in [3.8, 4) is 0 Å². The van der Waals surface area contributed by atoms with Gasteiger partial charge >= 0.3 is 0 Å². The molecule has 0 saturated carbocycles. The van der Waals surface area contributed by atoms with Crippen molar-refractivity contribution >= 4 is 10.1 Å². The fourth-order valence-electron chi connectivity index (χ4n) is 2.50. The minimum atomic E-state index is -3.33. The zero-order valence-corrected chi connectivity index (χ0v) is 15.2. The Kier molecular flexibility index (Phi) is 13.5. The zero-order chi connectivity index (χ0) is 16.0. The first kappa shape index (κ1) is 20.9. The van der Waals surface area contributed by atoms with Crippen LogP contribution < -0.4 is 0 Å². The molecule has 4 heteroatoms. The fourth-order valence-corrected chi connectivity index (χ4v) is 3.76. The summed E-state index contributed by atoms with van der Waals surface area (Å²) in [5.74, 6) is 0.188. The van der Waals surface area contributed by atoms with Gasteiger partial charge < -0.3 is 0 Å². The number of rotatable bonds is 15. The Morgan fingerprint density at radius 2 is 1.29 bits per heavy atom. The van der Waals surface area contributed by atoms with E-state index in [0.717, 1.165) is 57.8 Å². The van der Waals surface area contributed by atoms with Crippen molar-refractivity contribution in [3.63, 3.8) is 0 Å². The predicted octanol–water partition coefficient (Wildman–Crippen LogP) is 5.44. The van der Waals surface area contributed by atoms with Crippen LogP contribution in [0.25, 0.3) is 0 Å². The summed E-state index contributed by atoms with van der Waals surface area (Å²) in [5, 5.41) is 0. The van der Waals surface area contributed by atoms with E-state index in [1.807, 2.05) is 0 Å². The molecule has 0 rings (SSSR count). The van der Waals surface area contributed by atoms with Crippen LogP contribution in [-0.2, 0) is 14.3 Å². The van der Waals surface area contributed by atoms with Crippen molar-refractivity contribution < 1.29 is 12.6 Å². The third-order valence-electron chi connectivity index (χ3n) is 3.77. The molecule has 0 aliphatic carbocycles. The average molecular weight is 321 g/mol. The maximum absolute atomic E-state index is 12.0. The smallest absolute Gasteiger partial charge is 0.267 e. The highest BCUT2D eigenvalue weighted by atomic mass is 32.2. The molecule has 0 aromatic carbocycles. The Hall–Kier alpha value is -0.0900. The van der Waals surface area contributed by atoms with Crippen LogP contribution in [0.5, 0.6) is 0 Å². The second-order valence-electron chi connectivity index (χ2n) is 6.03. The van der Waals surface area contributed by atoms with Crippen LogP contribution in [0.3, 0.4) is 0 Å². The molecule has 0 aliphatic rings. The van der Waals surface area contributed by atoms with Gasteiger partial charge in [0.05, 0.1) is 11.9 Å². The molecule has 3 nitrogen and oxygen atoms in total. The second kappa shape index (κ2) is 13.6. The molecular weight excluding hydrogens is 284 g/mol. The first-order valence-electron chi connectivity index (χ1n) is 8.96. The van der Waals surface area contributed by atoms with Gasteiger partial charge in [-0.2, -0.15) is 8.42 Å². The molecule has 1 unspecified atom stereocenters. The van der Waals surface area contributed by atoms with Crippen molar-refractivity contribution in [2.24, 2.45) is 0 Å². The summed E-state index contributed by atoms with van der Waals surface area (Å²) in [6.45, 7) is 6.42. The summed E-state index contributed by atoms with van der Waals surface area (Å²) in [4.78, 5) is 0. The van der Waals surface area contributed by atoms with Crippen molar-refractivity contribution in [1.29, 1.82) is 0 Å². The van der Waals surface area contributed by atoms with Crippen LogP contribution in [0.2, 0.25) is 0 Å². The molecule has 0 saturated heterocycles. The van der Waals surface area contributed by atoms with Gasteiger partial charge in [-0.15, -0.1) is 0 Å². The van der Waals surface area contributed by atoms with E-state index in [0.29, 0.717) is 0 Å². The van der Waals surface area contributed by atoms with E-state index in [1.165, 1.54) is 19.3 Å². The lowest BCUT2D eigenvalue weighted by molar-refractivity contribution is 0.183. The van der Waals surface area contributed by atoms with E-state index in [9.17, 15) is 8.42 Å². The monoisotopic (exact) mass is 320 g/mol. The van der Waals surface area contributed by atoms with Crippen LogP contribution in [0.1, 0.15) is 97.8 Å². The standard InChI is InChI=1S/C17H36O3S/c1-4-7-9-10-11-13-16-21(18,19)20-17(14-6-3)15-12-8-5-2/h17H,4-16H2,1-3H3. The molecule has 1 atom stereocenters. The van der Waals surface area contributed by atoms with Gasteiger partial charge in [0.25, 0.3) is 10.1 Å². The summed E-state index contributed by atoms with van der Waals surface area (Å²) >= 11 is 0. The summed E-state index contributed by atoms with van der Waals surface area (Å²) in [6, 6.07) is 0. The molecule has 0 N–H and O–H groups in total. The number of hydrogen-bond acceptors (Lipinski definition) is 3. The molecule has 0 aliphatic heterocycles. The molecule has 0 bridgehead atoms. The Morgan fingerprint density at radius 3 is 1.90 bits per heavy atom. The predicted molar refractivity (Wildman–Crippen MR) is 91.1 cm³/mol. The molecule has 0 spiro atoms. The van der Waals surface area contributed by atoms with Crippen molar-refractivity contribution in [2.45, 2.75) is 104 Å². The van der Waals surface area contributed by atoms with Gasteiger partial charge in [0.15, 0.2) is 0 Å². The highest BCUT2D eigenvalue weighted by molar-refractivity contribution is 7.86. The van der Waals surface area contributed by atoms with Gasteiger partial charge in [-0.05, 0) is 19.3 Å². The quantitative estimate of drug-likeness (QED) is 0.298. The third kappa shape index (κ3) is 13.3. The van der Waals surface area contributed by atoms with Crippen LogP contribution in [0.4, 0.5) is 0 Å². The van der Waals surface area contributed by atoms with Crippen LogP contribution in [0, 0.1) is 0 Å². The normalized spacial score (nSPS) is 13.5. The van der Waals surface area contributed by atoms with Crippen molar-refractivity contribution in [3.05, 3.63) is 0 Å². The van der Waals surface area contributed by atoms with E-state index < -0.39 is 10.1 Å². The molecule has 0 aromatic rings. The van der Waals surface area contributed by atoms with E-state index in [-0.39, 0.29) is 11.9 Å². The highest BCUT2D eigenvalue weighted by Crippen LogP contribution is 2.16. The van der Waals surface area contributed by atoms with Crippen LogP contribution in [-0.4, -0.2) is 20.3 Å². The van der Waals surface area contributed by atoms with E-state index in [2.05, 4.69) is 20.8 Å². The van der Waals surface area contributed by atoms with Gasteiger partial charge in [-0.25, -0.2) is 0 Å². The van der Waals surface area contributed by atoms with Crippen molar-refractivity contribution in [1.82, 2.24) is 0 Å². The average Bonchev–Trinajstić information content (AvgIpc) is 2.43. The maximum atomic E-state index is 12.0. The minimum Gasteiger partial charge on any atom is -0.267 e. The Morgan fingerprint density at radius 1 is 0.714 bits per heavy atom. The van der Waals surface area contributed by atoms with Crippen LogP contribution in [0.15, 0.2) is 0 Å². The van der Waals surface area contributed by atoms with Gasteiger partial charge in [-0.3, -0.25) is 4.18 Å². The Bertz CT molecular complexity index is 312. The van der Waals surface area contributed by atoms with Gasteiger partial charge in [0.2, 0.25) is 0 Å². The maximum Gasteiger partial charge on any atom is 0.267 e. The number of hydrogen-bond donors (Lipinski definition) is 0. The summed E-state index contributed by atoms with van der Waals surface area (Å²) in [6.07, 6.45) is 12.5. The zero-order valence-electron chi connectivity index (χ0n) is 14.4. The molecule has 0 aromatic heterocycles. The molecule has 21 heavy (non-hydrogen) atoms. The van der Waals surface area contributed by atoms with Crippen LogP contribution >= 0.6 is 0 Å². The van der Waals surface area contributed by atoms with Gasteiger partial charge in [-0.1, -0.05) is 78.6 Å².